The summed E-state index contributed by atoms with van der Waals surface area (Å²) in [5, 5.41) is 50.8. The number of hydrogen-bond acceptors (Lipinski definition) is 14. The smallest absolute Gasteiger partial charge is 0.303 e. The topological polar surface area (TPSA) is 236 Å². The number of nitrogens with one attached hydrogen (secondary N) is 2. The van der Waals surface area contributed by atoms with Crippen LogP contribution in [0.1, 0.15) is 90.8 Å². The van der Waals surface area contributed by atoms with Crippen molar-refractivity contribution in [2.75, 3.05) is 7.11 Å². The summed E-state index contributed by atoms with van der Waals surface area (Å²) in [7, 11) is 1.34. The number of nitrogens with zero attached hydrogens (tertiary/aromatic N) is 1. The fraction of sp³-hybridized carbons (Fsp3) is 0.689. The van der Waals surface area contributed by atoms with Crippen molar-refractivity contribution in [1.29, 1.82) is 0 Å². The highest BCUT2D eigenvalue weighted by Crippen LogP contribution is 2.51. The Morgan fingerprint density at radius 1 is 1.00 bits per heavy atom. The van der Waals surface area contributed by atoms with Crippen LogP contribution < -0.4 is 5.32 Å². The van der Waals surface area contributed by atoms with Gasteiger partial charge < -0.3 is 64.0 Å². The van der Waals surface area contributed by atoms with Crippen LogP contribution in [-0.4, -0.2) is 140 Å². The van der Waals surface area contributed by atoms with Crippen LogP contribution in [0.25, 0.3) is 0 Å². The Morgan fingerprint density at radius 2 is 1.64 bits per heavy atom. The van der Waals surface area contributed by atoms with E-state index in [2.05, 4.69) is 16.9 Å². The molecule has 17 atom stereocenters. The van der Waals surface area contributed by atoms with Crippen LogP contribution in [0.15, 0.2) is 35.6 Å². The molecule has 0 radical (unpaired) electrons. The molecular formula is C45H63Cl2N3O14. The molecule has 2 aliphatic carbocycles. The summed E-state index contributed by atoms with van der Waals surface area (Å²) in [5.41, 5.74) is -0.810. The Labute approximate surface area is 383 Å². The van der Waals surface area contributed by atoms with Gasteiger partial charge in [0, 0.05) is 44.9 Å². The zero-order chi connectivity index (χ0) is 47.4. The van der Waals surface area contributed by atoms with Crippen LogP contribution >= 0.6 is 23.2 Å². The minimum Gasteiger partial charge on any atom is -0.511 e. The van der Waals surface area contributed by atoms with Crippen LogP contribution in [0, 0.1) is 36.5 Å². The average Bonchev–Trinajstić information content (AvgIpc) is 3.63. The molecule has 2 amide bonds. The van der Waals surface area contributed by atoms with Gasteiger partial charge in [0.15, 0.2) is 24.7 Å². The number of rotatable bonds is 11. The number of hydrogen-bond donors (Lipinski definition) is 6. The fourth-order valence-corrected chi connectivity index (χ4v) is 10.9. The molecule has 1 aromatic rings. The van der Waals surface area contributed by atoms with Gasteiger partial charge in [-0.2, -0.15) is 0 Å². The van der Waals surface area contributed by atoms with Crippen molar-refractivity contribution < 1.29 is 68.0 Å². The van der Waals surface area contributed by atoms with E-state index in [1.165, 1.54) is 25.9 Å². The fourth-order valence-electron chi connectivity index (χ4n) is 10.5. The molecule has 19 heteroatoms. The van der Waals surface area contributed by atoms with Crippen molar-refractivity contribution in [2.45, 2.75) is 161 Å². The zero-order valence-electron chi connectivity index (χ0n) is 37.9. The Bertz CT molecular complexity index is 2040. The molecular weight excluding hydrogens is 877 g/mol. The normalized spacial score (nSPS) is 39.1. The van der Waals surface area contributed by atoms with E-state index in [-0.39, 0.29) is 45.3 Å². The van der Waals surface area contributed by atoms with Crippen molar-refractivity contribution in [2.24, 2.45) is 29.6 Å². The molecule has 64 heavy (non-hydrogen) atoms. The van der Waals surface area contributed by atoms with Gasteiger partial charge in [-0.15, -0.1) is 0 Å². The van der Waals surface area contributed by atoms with E-state index in [9.17, 15) is 39.6 Å². The first-order valence-corrected chi connectivity index (χ1v) is 22.6. The van der Waals surface area contributed by atoms with Crippen molar-refractivity contribution in [3.05, 3.63) is 57.1 Å². The van der Waals surface area contributed by atoms with Crippen LogP contribution in [0.2, 0.25) is 10.0 Å². The van der Waals surface area contributed by atoms with Gasteiger partial charge in [0.05, 0.1) is 46.0 Å². The summed E-state index contributed by atoms with van der Waals surface area (Å²) < 4.78 is 36.1. The second-order valence-electron chi connectivity index (χ2n) is 18.4. The lowest BCUT2D eigenvalue weighted by atomic mass is 9.61. The molecule has 17 nitrogen and oxygen atoms in total. The van der Waals surface area contributed by atoms with E-state index in [1.54, 1.807) is 27.7 Å². The number of aryl methyl sites for hydroxylation is 1. The Balaban J connectivity index is 1.27. The number of fused-ring (bicyclic) bond motifs is 1. The molecule has 5 aliphatic rings. The standard InChI is InChI=1S/C45H63Cl2N3O14/c1-17(2)35-37(54)31(43(57)50(35)44-40(59-11)39(63-25(10)52)38(21(6)61-44)62-24(9)51)36(53)30-19(4)12-14-26-27(15-13-18(3)29(26)30)64-28-16-45(58,41(55)22(7)60-28)23(8)49-42(56)34-33(47)32(46)20(5)48-34/h12,14,17,19,21-23,26-30,35,37-41,44,48,53-55,58H,3,13,15-16H2,1-2,4-11H3,(H,49,56)/b36-31-. The summed E-state index contributed by atoms with van der Waals surface area (Å²) >= 11 is 12.5. The highest BCUT2D eigenvalue weighted by atomic mass is 35.5. The third kappa shape index (κ3) is 9.13. The molecule has 0 spiro atoms. The quantitative estimate of drug-likeness (QED) is 0.0780. The molecule has 1 saturated carbocycles. The van der Waals surface area contributed by atoms with E-state index in [0.29, 0.717) is 18.5 Å². The summed E-state index contributed by atoms with van der Waals surface area (Å²) in [6.45, 7) is 18.8. The number of aromatic nitrogens is 1. The van der Waals surface area contributed by atoms with E-state index < -0.39 is 121 Å². The summed E-state index contributed by atoms with van der Waals surface area (Å²) in [4.78, 5) is 56.7. The molecule has 1 aromatic heterocycles. The predicted octanol–water partition coefficient (Wildman–Crippen LogP) is 4.43. The first-order valence-electron chi connectivity index (χ1n) is 21.8. The number of allylic oxidation sites excluding steroid dienone is 3. The van der Waals surface area contributed by atoms with Gasteiger partial charge in [0.2, 0.25) is 0 Å². The largest absolute Gasteiger partial charge is 0.511 e. The number of aliphatic hydroxyl groups is 4. The molecule has 4 fully saturated rings. The molecule has 356 valence electrons. The van der Waals surface area contributed by atoms with E-state index in [4.69, 9.17) is 51.6 Å². The van der Waals surface area contributed by atoms with Crippen LogP contribution in [0.5, 0.6) is 0 Å². The SMILES string of the molecule is C=C1CCC(OC2CC(O)(C(C)NC(=O)c3[nH]c(C)c(Cl)c3Cl)C(O)C(C)O2)C2C=CC(C)C(/C(O)=C3/C(=O)N(C4OC(C)C(OC(C)=O)C(OC(C)=O)C4OC)C(C(C)C)C3O)C12. The number of aromatic amines is 1. The van der Waals surface area contributed by atoms with E-state index >= 15 is 0 Å². The lowest BCUT2D eigenvalue weighted by molar-refractivity contribution is -0.296. The molecule has 6 rings (SSSR count). The number of halogens is 2. The molecule has 4 heterocycles. The number of ether oxygens (including phenoxy) is 6. The maximum Gasteiger partial charge on any atom is 0.303 e. The van der Waals surface area contributed by atoms with Crippen molar-refractivity contribution >= 4 is 47.0 Å². The number of esters is 2. The Kier molecular flexibility index (Phi) is 15.1. The first kappa shape index (κ1) is 49.9. The predicted molar refractivity (Wildman–Crippen MR) is 232 cm³/mol. The molecule has 0 aromatic carbocycles. The number of carbonyl (C=O) groups is 4. The number of amides is 2. The number of aliphatic hydroxyl groups excluding tert-OH is 3. The number of likely N-dealkylation sites (tertiary alicyclic amines) is 1. The summed E-state index contributed by atoms with van der Waals surface area (Å²) in [6.07, 6.45) is -6.27. The summed E-state index contributed by atoms with van der Waals surface area (Å²) in [5.74, 6) is -5.30. The molecule has 17 unspecified atom stereocenters. The lowest BCUT2D eigenvalue weighted by Gasteiger charge is -2.50. The molecule has 3 aliphatic heterocycles. The van der Waals surface area contributed by atoms with E-state index in [0.717, 1.165) is 5.57 Å². The summed E-state index contributed by atoms with van der Waals surface area (Å²) in [6, 6.07) is -1.94. The van der Waals surface area contributed by atoms with Crippen molar-refractivity contribution in [1.82, 2.24) is 15.2 Å². The maximum absolute atomic E-state index is 14.9. The first-order chi connectivity index (χ1) is 29.9. The van der Waals surface area contributed by atoms with Gasteiger partial charge >= 0.3 is 11.9 Å². The number of carbonyl (C=O) groups excluding carboxylic acids is 4. The van der Waals surface area contributed by atoms with Crippen LogP contribution in [-0.2, 0) is 42.8 Å². The monoisotopic (exact) mass is 939 g/mol. The zero-order valence-corrected chi connectivity index (χ0v) is 39.4. The number of methoxy groups -OCH3 is 1. The third-order valence-corrected chi connectivity index (χ3v) is 14.7. The maximum atomic E-state index is 14.9. The van der Waals surface area contributed by atoms with Crippen molar-refractivity contribution in [3.8, 4) is 0 Å². The van der Waals surface area contributed by atoms with Crippen LogP contribution in [0.4, 0.5) is 0 Å². The third-order valence-electron chi connectivity index (χ3n) is 13.8. The molecule has 0 bridgehead atoms. The average molecular weight is 941 g/mol. The van der Waals surface area contributed by atoms with Crippen molar-refractivity contribution in [3.63, 3.8) is 0 Å². The molecule has 3 saturated heterocycles. The minimum atomic E-state index is -1.91. The van der Waals surface area contributed by atoms with Gasteiger partial charge in [0.25, 0.3) is 11.8 Å². The Morgan fingerprint density at radius 3 is 2.22 bits per heavy atom. The van der Waals surface area contributed by atoms with Gasteiger partial charge in [-0.1, -0.05) is 68.3 Å². The minimum absolute atomic E-state index is 0.0132. The second kappa shape index (κ2) is 19.4. The Hall–Kier alpha value is -3.52. The number of H-pyrrole nitrogens is 1. The van der Waals surface area contributed by atoms with Gasteiger partial charge in [0.1, 0.15) is 35.4 Å². The highest BCUT2D eigenvalue weighted by Gasteiger charge is 2.59. The van der Waals surface area contributed by atoms with Gasteiger partial charge in [-0.05, 0) is 58.3 Å². The van der Waals surface area contributed by atoms with E-state index in [1.807, 2.05) is 32.9 Å². The highest BCUT2D eigenvalue weighted by molar-refractivity contribution is 6.44. The van der Waals surface area contributed by atoms with Crippen LogP contribution in [0.3, 0.4) is 0 Å². The second-order valence-corrected chi connectivity index (χ2v) is 19.1. The van der Waals surface area contributed by atoms with Gasteiger partial charge in [-0.3, -0.25) is 19.2 Å². The molecule has 6 N–H and O–H groups in total. The lowest BCUT2D eigenvalue weighted by Crippen LogP contribution is -2.66. The van der Waals surface area contributed by atoms with Gasteiger partial charge in [-0.25, -0.2) is 0 Å².